The number of hydrogen-bond acceptors (Lipinski definition) is 3. The molecule has 0 aliphatic rings. The number of phenolic OH excluding ortho intramolecular Hbond substituents is 1. The first kappa shape index (κ1) is 12.5. The third-order valence-corrected chi connectivity index (χ3v) is 2.81. The highest BCUT2D eigenvalue weighted by Crippen LogP contribution is 2.17. The van der Waals surface area contributed by atoms with Crippen LogP contribution in [0, 0.1) is 6.92 Å². The maximum atomic E-state index is 9.39. The zero-order valence-corrected chi connectivity index (χ0v) is 11.0. The number of nitrogens with zero attached hydrogens (tertiary/aromatic N) is 2. The Morgan fingerprint density at radius 1 is 1.39 bits per heavy atom. The third-order valence-electron chi connectivity index (χ3n) is 2.81. The van der Waals surface area contributed by atoms with E-state index in [0.29, 0.717) is 18.3 Å². The smallest absolute Gasteiger partial charge is 0.151 e. The van der Waals surface area contributed by atoms with E-state index in [4.69, 9.17) is 0 Å². The van der Waals surface area contributed by atoms with Crippen LogP contribution in [0.5, 0.6) is 5.75 Å². The SMILES string of the molecule is Cc1cn(C(C)C)nc1NCc1cccc(O)c1. The molecule has 0 unspecified atom stereocenters. The van der Waals surface area contributed by atoms with E-state index < -0.39 is 0 Å². The van der Waals surface area contributed by atoms with Gasteiger partial charge < -0.3 is 10.4 Å². The van der Waals surface area contributed by atoms with Crippen molar-refractivity contribution in [2.24, 2.45) is 0 Å². The van der Waals surface area contributed by atoms with E-state index in [1.807, 2.05) is 29.9 Å². The number of rotatable bonds is 4. The molecule has 2 rings (SSSR count). The first-order chi connectivity index (χ1) is 8.56. The molecule has 0 bridgehead atoms. The number of phenols is 1. The molecule has 0 saturated heterocycles. The zero-order valence-electron chi connectivity index (χ0n) is 11.0. The molecule has 0 amide bonds. The number of aromatic hydroxyl groups is 1. The van der Waals surface area contributed by atoms with E-state index in [-0.39, 0.29) is 0 Å². The topological polar surface area (TPSA) is 50.1 Å². The lowest BCUT2D eigenvalue weighted by molar-refractivity contribution is 0.474. The highest BCUT2D eigenvalue weighted by Gasteiger charge is 2.06. The van der Waals surface area contributed by atoms with Gasteiger partial charge in [-0.25, -0.2) is 0 Å². The molecule has 0 spiro atoms. The summed E-state index contributed by atoms with van der Waals surface area (Å²) >= 11 is 0. The molecular formula is C14H19N3O. The van der Waals surface area contributed by atoms with E-state index in [1.165, 1.54) is 0 Å². The van der Waals surface area contributed by atoms with Gasteiger partial charge in [0.2, 0.25) is 0 Å². The van der Waals surface area contributed by atoms with Gasteiger partial charge in [-0.2, -0.15) is 5.10 Å². The van der Waals surface area contributed by atoms with Gasteiger partial charge in [0.1, 0.15) is 5.75 Å². The Hall–Kier alpha value is -1.97. The predicted molar refractivity (Wildman–Crippen MR) is 72.8 cm³/mol. The van der Waals surface area contributed by atoms with E-state index in [2.05, 4.69) is 24.3 Å². The van der Waals surface area contributed by atoms with Gasteiger partial charge in [0, 0.05) is 24.3 Å². The normalized spacial score (nSPS) is 10.9. The van der Waals surface area contributed by atoms with Crippen molar-refractivity contribution in [1.29, 1.82) is 0 Å². The second-order valence-electron chi connectivity index (χ2n) is 4.76. The molecule has 0 fully saturated rings. The highest BCUT2D eigenvalue weighted by molar-refractivity contribution is 5.43. The van der Waals surface area contributed by atoms with Gasteiger partial charge >= 0.3 is 0 Å². The number of aryl methyl sites for hydroxylation is 1. The van der Waals surface area contributed by atoms with Gasteiger partial charge in [-0.3, -0.25) is 4.68 Å². The summed E-state index contributed by atoms with van der Waals surface area (Å²) in [6, 6.07) is 7.59. The molecule has 0 saturated carbocycles. The molecule has 4 nitrogen and oxygen atoms in total. The van der Waals surface area contributed by atoms with Gasteiger partial charge in [-0.15, -0.1) is 0 Å². The summed E-state index contributed by atoms with van der Waals surface area (Å²) in [4.78, 5) is 0. The Kier molecular flexibility index (Phi) is 3.55. The Morgan fingerprint density at radius 2 is 2.17 bits per heavy atom. The molecule has 1 heterocycles. The van der Waals surface area contributed by atoms with Crippen molar-refractivity contribution in [3.8, 4) is 5.75 Å². The first-order valence-corrected chi connectivity index (χ1v) is 6.14. The quantitative estimate of drug-likeness (QED) is 0.870. The molecule has 0 atom stereocenters. The predicted octanol–water partition coefficient (Wildman–Crippen LogP) is 3.09. The molecule has 4 heteroatoms. The Bertz CT molecular complexity index is 532. The number of benzene rings is 1. The van der Waals surface area contributed by atoms with Crippen molar-refractivity contribution in [2.75, 3.05) is 5.32 Å². The highest BCUT2D eigenvalue weighted by atomic mass is 16.3. The second kappa shape index (κ2) is 5.12. The van der Waals surface area contributed by atoms with Crippen LogP contribution in [-0.4, -0.2) is 14.9 Å². The van der Waals surface area contributed by atoms with Crippen molar-refractivity contribution >= 4 is 5.82 Å². The minimum atomic E-state index is 0.290. The Balaban J connectivity index is 2.06. The van der Waals surface area contributed by atoms with E-state index in [9.17, 15) is 5.11 Å². The molecule has 0 aliphatic carbocycles. The molecule has 1 aromatic heterocycles. The summed E-state index contributed by atoms with van der Waals surface area (Å²) in [5, 5.41) is 17.2. The van der Waals surface area contributed by atoms with E-state index in [0.717, 1.165) is 16.9 Å². The van der Waals surface area contributed by atoms with Crippen molar-refractivity contribution in [3.05, 3.63) is 41.6 Å². The van der Waals surface area contributed by atoms with Crippen LogP contribution in [-0.2, 0) is 6.54 Å². The van der Waals surface area contributed by atoms with Gasteiger partial charge in [0.05, 0.1) is 0 Å². The third kappa shape index (κ3) is 2.83. The van der Waals surface area contributed by atoms with Crippen molar-refractivity contribution in [1.82, 2.24) is 9.78 Å². The fraction of sp³-hybridized carbons (Fsp3) is 0.357. The summed E-state index contributed by atoms with van der Waals surface area (Å²) in [6.07, 6.45) is 2.04. The van der Waals surface area contributed by atoms with E-state index in [1.54, 1.807) is 12.1 Å². The van der Waals surface area contributed by atoms with Crippen LogP contribution in [0.2, 0.25) is 0 Å². The monoisotopic (exact) mass is 245 g/mol. The minimum Gasteiger partial charge on any atom is -0.508 e. The minimum absolute atomic E-state index is 0.290. The van der Waals surface area contributed by atoms with Crippen LogP contribution < -0.4 is 5.32 Å². The molecule has 2 N–H and O–H groups in total. The van der Waals surface area contributed by atoms with Crippen LogP contribution in [0.4, 0.5) is 5.82 Å². The molecule has 18 heavy (non-hydrogen) atoms. The maximum absolute atomic E-state index is 9.39. The van der Waals surface area contributed by atoms with Crippen LogP contribution in [0.3, 0.4) is 0 Å². The largest absolute Gasteiger partial charge is 0.508 e. The van der Waals surface area contributed by atoms with Crippen molar-refractivity contribution in [2.45, 2.75) is 33.4 Å². The summed E-state index contributed by atoms with van der Waals surface area (Å²) in [6.45, 7) is 6.90. The molecular weight excluding hydrogens is 226 g/mol. The molecule has 0 aliphatic heterocycles. The first-order valence-electron chi connectivity index (χ1n) is 6.14. The summed E-state index contributed by atoms with van der Waals surface area (Å²) < 4.78 is 1.94. The molecule has 1 aromatic carbocycles. The van der Waals surface area contributed by atoms with Gasteiger partial charge in [0.15, 0.2) is 5.82 Å². The maximum Gasteiger partial charge on any atom is 0.151 e. The van der Waals surface area contributed by atoms with E-state index >= 15 is 0 Å². The Morgan fingerprint density at radius 3 is 2.78 bits per heavy atom. The van der Waals surface area contributed by atoms with Crippen molar-refractivity contribution in [3.63, 3.8) is 0 Å². The standard InChI is InChI=1S/C14H19N3O/c1-10(2)17-9-11(3)14(16-17)15-8-12-5-4-6-13(18)7-12/h4-7,9-10,18H,8H2,1-3H3,(H,15,16). The lowest BCUT2D eigenvalue weighted by Gasteiger charge is -2.06. The van der Waals surface area contributed by atoms with Gasteiger partial charge in [0.25, 0.3) is 0 Å². The molecule has 0 radical (unpaired) electrons. The Labute approximate surface area is 107 Å². The zero-order chi connectivity index (χ0) is 13.1. The summed E-state index contributed by atoms with van der Waals surface area (Å²) in [5.74, 6) is 1.19. The summed E-state index contributed by atoms with van der Waals surface area (Å²) in [5.41, 5.74) is 2.16. The van der Waals surface area contributed by atoms with Crippen LogP contribution >= 0.6 is 0 Å². The van der Waals surface area contributed by atoms with Crippen LogP contribution in [0.15, 0.2) is 30.5 Å². The molecule has 96 valence electrons. The second-order valence-corrected chi connectivity index (χ2v) is 4.76. The van der Waals surface area contributed by atoms with Crippen LogP contribution in [0.25, 0.3) is 0 Å². The van der Waals surface area contributed by atoms with Gasteiger partial charge in [-0.1, -0.05) is 12.1 Å². The fourth-order valence-electron chi connectivity index (χ4n) is 1.77. The number of hydrogen-bond donors (Lipinski definition) is 2. The molecule has 2 aromatic rings. The summed E-state index contributed by atoms with van der Waals surface area (Å²) in [7, 11) is 0. The number of aromatic nitrogens is 2. The van der Waals surface area contributed by atoms with Crippen LogP contribution in [0.1, 0.15) is 31.0 Å². The average molecular weight is 245 g/mol. The number of nitrogens with one attached hydrogen (secondary N) is 1. The average Bonchev–Trinajstić information content (AvgIpc) is 2.68. The fourth-order valence-corrected chi connectivity index (χ4v) is 1.77. The van der Waals surface area contributed by atoms with Gasteiger partial charge in [-0.05, 0) is 38.5 Å². The van der Waals surface area contributed by atoms with Crippen molar-refractivity contribution < 1.29 is 5.11 Å². The lowest BCUT2D eigenvalue weighted by atomic mass is 10.2. The number of anilines is 1. The lowest BCUT2D eigenvalue weighted by Crippen LogP contribution is -2.04.